The summed E-state index contributed by atoms with van der Waals surface area (Å²) in [5.41, 5.74) is 0.476. The monoisotopic (exact) mass is 337 g/mol. The van der Waals surface area contributed by atoms with Gasteiger partial charge in [-0.1, -0.05) is 31.4 Å². The average Bonchev–Trinajstić information content (AvgIpc) is 2.53. The van der Waals surface area contributed by atoms with E-state index in [2.05, 4.69) is 5.32 Å². The summed E-state index contributed by atoms with van der Waals surface area (Å²) in [4.78, 5) is 23.9. The second-order valence-corrected chi connectivity index (χ2v) is 7.68. The van der Waals surface area contributed by atoms with Crippen molar-refractivity contribution < 1.29 is 18.9 Å². The number of carbonyl (C=O) groups excluding carboxylic acids is 1. The topological polar surface area (TPSA) is 83.5 Å². The van der Waals surface area contributed by atoms with Gasteiger partial charge in [-0.25, -0.2) is 0 Å². The van der Waals surface area contributed by atoms with E-state index < -0.39 is 22.2 Å². The van der Waals surface area contributed by atoms with Crippen molar-refractivity contribution in [2.24, 2.45) is 5.41 Å². The van der Waals surface area contributed by atoms with Crippen molar-refractivity contribution in [2.75, 3.05) is 12.8 Å². The van der Waals surface area contributed by atoms with Crippen molar-refractivity contribution in [1.82, 2.24) is 5.32 Å². The molecule has 1 amide bonds. The van der Waals surface area contributed by atoms with E-state index in [4.69, 9.17) is 0 Å². The lowest BCUT2D eigenvalue weighted by atomic mass is 9.74. The minimum absolute atomic E-state index is 0.158. The van der Waals surface area contributed by atoms with E-state index in [-0.39, 0.29) is 12.5 Å². The molecular formula is C17H23NO4S. The van der Waals surface area contributed by atoms with Crippen LogP contribution < -0.4 is 5.32 Å². The molecule has 1 aromatic carbocycles. The first-order valence-electron chi connectivity index (χ1n) is 7.83. The first kappa shape index (κ1) is 17.7. The molecule has 0 radical (unpaired) electrons. The molecule has 5 nitrogen and oxygen atoms in total. The smallest absolute Gasteiger partial charge is 0.311 e. The van der Waals surface area contributed by atoms with E-state index in [0.29, 0.717) is 24.2 Å². The van der Waals surface area contributed by atoms with Gasteiger partial charge in [0.25, 0.3) is 5.91 Å². The Balaban J connectivity index is 2.03. The van der Waals surface area contributed by atoms with Crippen molar-refractivity contribution in [3.05, 3.63) is 35.4 Å². The minimum atomic E-state index is -0.968. The van der Waals surface area contributed by atoms with Crippen LogP contribution >= 0.6 is 0 Å². The molecule has 1 aliphatic rings. The Kier molecular flexibility index (Phi) is 5.93. The Morgan fingerprint density at radius 3 is 2.57 bits per heavy atom. The Labute approximate surface area is 138 Å². The Bertz CT molecular complexity index is 608. The van der Waals surface area contributed by atoms with E-state index in [1.165, 1.54) is 0 Å². The maximum Gasteiger partial charge on any atom is 0.311 e. The van der Waals surface area contributed by atoms with Gasteiger partial charge in [-0.05, 0) is 30.5 Å². The lowest BCUT2D eigenvalue weighted by Gasteiger charge is -2.33. The fourth-order valence-electron chi connectivity index (χ4n) is 3.08. The van der Waals surface area contributed by atoms with Crippen molar-refractivity contribution in [3.63, 3.8) is 0 Å². The zero-order valence-corrected chi connectivity index (χ0v) is 14.2. The summed E-state index contributed by atoms with van der Waals surface area (Å²) in [6.45, 7) is 0.158. The third kappa shape index (κ3) is 4.64. The van der Waals surface area contributed by atoms with Gasteiger partial charge < -0.3 is 10.4 Å². The first-order chi connectivity index (χ1) is 10.9. The van der Waals surface area contributed by atoms with Crippen LogP contribution in [-0.4, -0.2) is 34.0 Å². The number of hydrogen-bond donors (Lipinski definition) is 2. The highest BCUT2D eigenvalue weighted by Gasteiger charge is 2.39. The van der Waals surface area contributed by atoms with Gasteiger partial charge in [-0.15, -0.1) is 0 Å². The highest BCUT2D eigenvalue weighted by molar-refractivity contribution is 7.83. The number of rotatable bonds is 6. The molecule has 1 aromatic rings. The van der Waals surface area contributed by atoms with Gasteiger partial charge in [0.1, 0.15) is 0 Å². The molecule has 0 bridgehead atoms. The van der Waals surface area contributed by atoms with Crippen LogP contribution in [0.25, 0.3) is 0 Å². The number of carboxylic acid groups (broad SMARTS) is 1. The lowest BCUT2D eigenvalue weighted by Crippen LogP contribution is -2.44. The van der Waals surface area contributed by atoms with Gasteiger partial charge in [0.05, 0.1) is 5.41 Å². The van der Waals surface area contributed by atoms with E-state index in [1.54, 1.807) is 24.5 Å². The molecule has 1 fully saturated rings. The lowest BCUT2D eigenvalue weighted by molar-refractivity contribution is -0.150. The van der Waals surface area contributed by atoms with Crippen LogP contribution in [0.1, 0.15) is 48.0 Å². The second kappa shape index (κ2) is 7.73. The van der Waals surface area contributed by atoms with Gasteiger partial charge in [0.2, 0.25) is 0 Å². The average molecular weight is 337 g/mol. The fourth-order valence-corrected chi connectivity index (χ4v) is 3.73. The number of amides is 1. The molecule has 0 saturated heterocycles. The van der Waals surface area contributed by atoms with Gasteiger partial charge in [0, 0.05) is 34.9 Å². The molecule has 0 aromatic heterocycles. The molecule has 1 saturated carbocycles. The summed E-state index contributed by atoms with van der Waals surface area (Å²) >= 11 is 0. The Morgan fingerprint density at radius 1 is 1.26 bits per heavy atom. The standard InChI is InChI=1S/C17H23NO4S/c1-23(22)11-13-6-5-7-14(10-13)15(19)18-12-17(16(20)21)8-3-2-4-9-17/h5-7,10H,2-4,8-9,11-12H2,1H3,(H,18,19)(H,20,21). The van der Waals surface area contributed by atoms with Crippen LogP contribution in [0.3, 0.4) is 0 Å². The highest BCUT2D eigenvalue weighted by atomic mass is 32.2. The molecule has 126 valence electrons. The Morgan fingerprint density at radius 2 is 1.96 bits per heavy atom. The molecule has 0 heterocycles. The van der Waals surface area contributed by atoms with Gasteiger partial charge in [-0.3, -0.25) is 13.8 Å². The summed E-state index contributed by atoms with van der Waals surface area (Å²) < 4.78 is 11.3. The fraction of sp³-hybridized carbons (Fsp3) is 0.529. The van der Waals surface area contributed by atoms with Crippen LogP contribution in [-0.2, 0) is 21.3 Å². The molecule has 0 spiro atoms. The van der Waals surface area contributed by atoms with Crippen LogP contribution in [0.2, 0.25) is 0 Å². The summed E-state index contributed by atoms with van der Waals surface area (Å²) in [5, 5.41) is 12.3. The predicted molar refractivity (Wildman–Crippen MR) is 89.7 cm³/mol. The molecule has 6 heteroatoms. The Hall–Kier alpha value is -1.69. The summed E-state index contributed by atoms with van der Waals surface area (Å²) in [7, 11) is -0.968. The molecule has 1 aliphatic carbocycles. The maximum absolute atomic E-state index is 12.3. The van der Waals surface area contributed by atoms with Gasteiger partial charge in [0.15, 0.2) is 0 Å². The second-order valence-electron chi connectivity index (χ2n) is 6.25. The minimum Gasteiger partial charge on any atom is -0.481 e. The van der Waals surface area contributed by atoms with Crippen molar-refractivity contribution in [3.8, 4) is 0 Å². The van der Waals surface area contributed by atoms with Gasteiger partial charge >= 0.3 is 5.97 Å². The first-order valence-corrected chi connectivity index (χ1v) is 9.56. The van der Waals surface area contributed by atoms with Crippen LogP contribution in [0.5, 0.6) is 0 Å². The molecule has 2 N–H and O–H groups in total. The molecular weight excluding hydrogens is 314 g/mol. The summed E-state index contributed by atoms with van der Waals surface area (Å²) in [6.07, 6.45) is 5.67. The van der Waals surface area contributed by atoms with E-state index in [1.807, 2.05) is 6.07 Å². The zero-order chi connectivity index (χ0) is 16.9. The number of carbonyl (C=O) groups is 2. The van der Waals surface area contributed by atoms with Crippen molar-refractivity contribution >= 4 is 22.7 Å². The SMILES string of the molecule is CS(=O)Cc1cccc(C(=O)NCC2(C(=O)O)CCCCC2)c1. The number of hydrogen-bond acceptors (Lipinski definition) is 3. The quantitative estimate of drug-likeness (QED) is 0.834. The van der Waals surface area contributed by atoms with Crippen molar-refractivity contribution in [1.29, 1.82) is 0 Å². The van der Waals surface area contributed by atoms with Crippen LogP contribution in [0.4, 0.5) is 0 Å². The number of aliphatic carboxylic acids is 1. The zero-order valence-electron chi connectivity index (χ0n) is 13.3. The van der Waals surface area contributed by atoms with E-state index >= 15 is 0 Å². The predicted octanol–water partition coefficient (Wildman–Crippen LogP) is 2.33. The largest absolute Gasteiger partial charge is 0.481 e. The highest BCUT2D eigenvalue weighted by Crippen LogP contribution is 2.36. The molecule has 1 atom stereocenters. The van der Waals surface area contributed by atoms with Crippen LogP contribution in [0.15, 0.2) is 24.3 Å². The van der Waals surface area contributed by atoms with E-state index in [0.717, 1.165) is 24.8 Å². The number of benzene rings is 1. The summed E-state index contributed by atoms with van der Waals surface area (Å²) in [6, 6.07) is 6.99. The molecule has 1 unspecified atom stereocenters. The van der Waals surface area contributed by atoms with E-state index in [9.17, 15) is 18.9 Å². The van der Waals surface area contributed by atoms with Crippen molar-refractivity contribution in [2.45, 2.75) is 37.9 Å². The molecule has 23 heavy (non-hydrogen) atoms. The maximum atomic E-state index is 12.3. The normalized spacial score (nSPS) is 18.1. The van der Waals surface area contributed by atoms with Gasteiger partial charge in [-0.2, -0.15) is 0 Å². The number of nitrogens with one attached hydrogen (secondary N) is 1. The molecule has 2 rings (SSSR count). The third-order valence-electron chi connectivity index (χ3n) is 4.41. The summed E-state index contributed by atoms with van der Waals surface area (Å²) in [5.74, 6) is -0.701. The van der Waals surface area contributed by atoms with Crippen LogP contribution in [0, 0.1) is 5.41 Å². The molecule has 0 aliphatic heterocycles. The number of carboxylic acids is 1. The third-order valence-corrected chi connectivity index (χ3v) is 5.15.